The maximum absolute atomic E-state index is 5.67. The summed E-state index contributed by atoms with van der Waals surface area (Å²) < 4.78 is 11.2. The average Bonchev–Trinajstić information content (AvgIpc) is 2.68. The number of methoxy groups -OCH3 is 1. The molecule has 0 atom stereocenters. The molecule has 0 spiro atoms. The van der Waals surface area contributed by atoms with E-state index in [0.29, 0.717) is 5.88 Å². The first-order valence-corrected chi connectivity index (χ1v) is 6.36. The van der Waals surface area contributed by atoms with Gasteiger partial charge in [0.1, 0.15) is 5.76 Å². The number of aryl methyl sites for hydroxylation is 1. The maximum atomic E-state index is 5.67. The molecule has 1 fully saturated rings. The highest BCUT2D eigenvalue weighted by Gasteiger charge is 2.38. The second-order valence-corrected chi connectivity index (χ2v) is 4.81. The van der Waals surface area contributed by atoms with Gasteiger partial charge in [0.15, 0.2) is 5.89 Å². The first-order chi connectivity index (χ1) is 7.78. The van der Waals surface area contributed by atoms with Crippen molar-refractivity contribution in [3.05, 3.63) is 17.8 Å². The maximum Gasteiger partial charge on any atom is 0.194 e. The van der Waals surface area contributed by atoms with Crippen molar-refractivity contribution in [3.8, 4) is 0 Å². The van der Waals surface area contributed by atoms with Crippen LogP contribution in [-0.2, 0) is 17.6 Å². The third-order valence-corrected chi connectivity index (χ3v) is 3.59. The van der Waals surface area contributed by atoms with Crippen LogP contribution in [0.3, 0.4) is 0 Å². The number of hydrogen-bond donors (Lipinski definition) is 0. The number of ether oxygens (including phenoxy) is 1. The zero-order chi connectivity index (χ0) is 11.4. The molecule has 0 bridgehead atoms. The Hall–Kier alpha value is -0.540. The fraction of sp³-hybridized carbons (Fsp3) is 0.750. The summed E-state index contributed by atoms with van der Waals surface area (Å²) in [5.41, 5.74) is 0.0172. The Morgan fingerprint density at radius 2 is 2.38 bits per heavy atom. The van der Waals surface area contributed by atoms with Crippen molar-refractivity contribution in [3.63, 3.8) is 0 Å². The minimum Gasteiger partial charge on any atom is -0.446 e. The smallest absolute Gasteiger partial charge is 0.194 e. The van der Waals surface area contributed by atoms with Gasteiger partial charge in [-0.15, -0.1) is 11.6 Å². The Morgan fingerprint density at radius 3 is 2.94 bits per heavy atom. The van der Waals surface area contributed by atoms with E-state index in [1.807, 2.05) is 6.20 Å². The lowest BCUT2D eigenvalue weighted by atomic mass is 9.77. The first kappa shape index (κ1) is 11.9. The van der Waals surface area contributed by atoms with E-state index in [1.165, 1.54) is 6.42 Å². The van der Waals surface area contributed by atoms with Gasteiger partial charge in [-0.05, 0) is 25.7 Å². The quantitative estimate of drug-likeness (QED) is 0.721. The molecule has 0 saturated heterocycles. The van der Waals surface area contributed by atoms with E-state index in [0.717, 1.165) is 43.8 Å². The Labute approximate surface area is 101 Å². The third-order valence-electron chi connectivity index (χ3n) is 3.32. The highest BCUT2D eigenvalue weighted by molar-refractivity contribution is 6.17. The lowest BCUT2D eigenvalue weighted by molar-refractivity contribution is -0.0738. The highest BCUT2D eigenvalue weighted by Crippen LogP contribution is 2.38. The molecule has 0 radical (unpaired) electrons. The first-order valence-electron chi connectivity index (χ1n) is 5.83. The minimum absolute atomic E-state index is 0.0172. The van der Waals surface area contributed by atoms with Crippen molar-refractivity contribution in [2.24, 2.45) is 0 Å². The molecule has 4 heteroatoms. The molecule has 1 saturated carbocycles. The SMILES string of the molecule is COC1(Cc2cnc(CCCCl)o2)CCC1. The fourth-order valence-electron chi connectivity index (χ4n) is 2.11. The standard InChI is InChI=1S/C12H18ClNO2/c1-15-12(5-3-6-12)8-10-9-14-11(16-10)4-2-7-13/h9H,2-8H2,1H3. The van der Waals surface area contributed by atoms with Crippen LogP contribution in [0.4, 0.5) is 0 Å². The molecule has 90 valence electrons. The summed E-state index contributed by atoms with van der Waals surface area (Å²) in [7, 11) is 1.78. The number of oxazole rings is 1. The molecule has 1 aromatic heterocycles. The zero-order valence-electron chi connectivity index (χ0n) is 9.67. The zero-order valence-corrected chi connectivity index (χ0v) is 10.4. The summed E-state index contributed by atoms with van der Waals surface area (Å²) in [5.74, 6) is 2.38. The van der Waals surface area contributed by atoms with Crippen molar-refractivity contribution < 1.29 is 9.15 Å². The molecule has 0 aromatic carbocycles. The number of hydrogen-bond acceptors (Lipinski definition) is 3. The number of aromatic nitrogens is 1. The van der Waals surface area contributed by atoms with E-state index >= 15 is 0 Å². The second-order valence-electron chi connectivity index (χ2n) is 4.43. The van der Waals surface area contributed by atoms with E-state index in [4.69, 9.17) is 20.8 Å². The number of alkyl halides is 1. The molecule has 0 N–H and O–H groups in total. The van der Waals surface area contributed by atoms with Crippen molar-refractivity contribution in [1.82, 2.24) is 4.98 Å². The second kappa shape index (κ2) is 5.19. The molecular formula is C12H18ClNO2. The van der Waals surface area contributed by atoms with Crippen molar-refractivity contribution >= 4 is 11.6 Å². The monoisotopic (exact) mass is 243 g/mol. The molecule has 0 aliphatic heterocycles. The van der Waals surface area contributed by atoms with E-state index in [2.05, 4.69) is 4.98 Å². The van der Waals surface area contributed by atoms with Gasteiger partial charge in [0.05, 0.1) is 11.8 Å². The third kappa shape index (κ3) is 2.58. The summed E-state index contributed by atoms with van der Waals surface area (Å²) in [5, 5.41) is 0. The topological polar surface area (TPSA) is 35.3 Å². The summed E-state index contributed by atoms with van der Waals surface area (Å²) in [6.45, 7) is 0. The van der Waals surface area contributed by atoms with E-state index < -0.39 is 0 Å². The van der Waals surface area contributed by atoms with Crippen LogP contribution in [0, 0.1) is 0 Å². The molecule has 1 aromatic rings. The van der Waals surface area contributed by atoms with Gasteiger partial charge in [-0.2, -0.15) is 0 Å². The molecule has 0 amide bonds. The van der Waals surface area contributed by atoms with Crippen molar-refractivity contribution in [2.45, 2.75) is 44.1 Å². The van der Waals surface area contributed by atoms with E-state index in [1.54, 1.807) is 7.11 Å². The summed E-state index contributed by atoms with van der Waals surface area (Å²) in [6.07, 6.45) is 7.91. The van der Waals surface area contributed by atoms with Gasteiger partial charge in [0, 0.05) is 25.8 Å². The van der Waals surface area contributed by atoms with Gasteiger partial charge >= 0.3 is 0 Å². The van der Waals surface area contributed by atoms with Gasteiger partial charge in [-0.25, -0.2) is 4.98 Å². The molecule has 1 aliphatic carbocycles. The average molecular weight is 244 g/mol. The summed E-state index contributed by atoms with van der Waals surface area (Å²) >= 11 is 5.63. The van der Waals surface area contributed by atoms with Gasteiger partial charge in [-0.3, -0.25) is 0 Å². The van der Waals surface area contributed by atoms with Gasteiger partial charge in [0.2, 0.25) is 0 Å². The molecule has 3 nitrogen and oxygen atoms in total. The fourth-order valence-corrected chi connectivity index (χ4v) is 2.24. The van der Waals surface area contributed by atoms with Crippen LogP contribution >= 0.6 is 11.6 Å². The Morgan fingerprint density at radius 1 is 1.56 bits per heavy atom. The Bertz CT molecular complexity index is 328. The van der Waals surface area contributed by atoms with Gasteiger partial charge in [0.25, 0.3) is 0 Å². The van der Waals surface area contributed by atoms with Crippen LogP contribution in [0.2, 0.25) is 0 Å². The summed E-state index contributed by atoms with van der Waals surface area (Å²) in [6, 6.07) is 0. The van der Waals surface area contributed by atoms with Gasteiger partial charge in [-0.1, -0.05) is 0 Å². The van der Waals surface area contributed by atoms with E-state index in [-0.39, 0.29) is 5.60 Å². The number of halogens is 1. The van der Waals surface area contributed by atoms with Crippen LogP contribution in [0.5, 0.6) is 0 Å². The van der Waals surface area contributed by atoms with Crippen molar-refractivity contribution in [1.29, 1.82) is 0 Å². The molecule has 1 aliphatic rings. The Balaban J connectivity index is 1.91. The number of nitrogens with zero attached hydrogens (tertiary/aromatic N) is 1. The molecular weight excluding hydrogens is 226 g/mol. The highest BCUT2D eigenvalue weighted by atomic mass is 35.5. The van der Waals surface area contributed by atoms with E-state index in [9.17, 15) is 0 Å². The Kier molecular flexibility index (Phi) is 3.87. The van der Waals surface area contributed by atoms with Crippen LogP contribution < -0.4 is 0 Å². The van der Waals surface area contributed by atoms with Crippen LogP contribution in [0.15, 0.2) is 10.6 Å². The van der Waals surface area contributed by atoms with Crippen LogP contribution in [0.25, 0.3) is 0 Å². The lowest BCUT2D eigenvalue weighted by Gasteiger charge is -2.39. The summed E-state index contributed by atoms with van der Waals surface area (Å²) in [4.78, 5) is 4.25. The lowest BCUT2D eigenvalue weighted by Crippen LogP contribution is -2.41. The van der Waals surface area contributed by atoms with Gasteiger partial charge < -0.3 is 9.15 Å². The number of rotatable bonds is 6. The molecule has 2 rings (SSSR count). The molecule has 1 heterocycles. The minimum atomic E-state index is 0.0172. The van der Waals surface area contributed by atoms with Crippen LogP contribution in [-0.4, -0.2) is 23.6 Å². The molecule has 0 unspecified atom stereocenters. The van der Waals surface area contributed by atoms with Crippen LogP contribution in [0.1, 0.15) is 37.3 Å². The largest absolute Gasteiger partial charge is 0.446 e. The normalized spacial score (nSPS) is 18.4. The predicted molar refractivity (Wildman–Crippen MR) is 62.8 cm³/mol. The predicted octanol–water partition coefficient (Wildman–Crippen LogP) is 2.96. The van der Waals surface area contributed by atoms with Crippen molar-refractivity contribution in [2.75, 3.05) is 13.0 Å². The molecule has 16 heavy (non-hydrogen) atoms.